The monoisotopic (exact) mass is 500 g/mol. The van der Waals surface area contributed by atoms with Crippen LogP contribution in [0.1, 0.15) is 12.5 Å². The molecule has 0 unspecified atom stereocenters. The molecule has 0 bridgehead atoms. The number of carbonyl (C=O) groups excluding carboxylic acids is 2. The van der Waals surface area contributed by atoms with Crippen LogP contribution in [0.15, 0.2) is 67.4 Å². The van der Waals surface area contributed by atoms with Crippen molar-refractivity contribution in [3.8, 4) is 5.75 Å². The van der Waals surface area contributed by atoms with Crippen LogP contribution in [0, 0.1) is 6.92 Å². The minimum absolute atomic E-state index is 0.114. The SMILES string of the molecule is C=CC(=O)Nc1cccc(Nc2cc(Nc3ccc(N4CCN(C(C)=O)CC4)cc3OC)ncc2C)c1. The predicted octanol–water partition coefficient (Wildman–Crippen LogP) is 4.68. The van der Waals surface area contributed by atoms with Crippen molar-refractivity contribution in [3.05, 3.63) is 72.9 Å². The van der Waals surface area contributed by atoms with Gasteiger partial charge in [-0.1, -0.05) is 12.6 Å². The number of pyridine rings is 1. The Balaban J connectivity index is 1.48. The largest absolute Gasteiger partial charge is 0.494 e. The second kappa shape index (κ2) is 11.5. The van der Waals surface area contributed by atoms with Crippen molar-refractivity contribution in [1.82, 2.24) is 9.88 Å². The van der Waals surface area contributed by atoms with Crippen LogP contribution in [-0.2, 0) is 9.59 Å². The van der Waals surface area contributed by atoms with Crippen LogP contribution in [0.4, 0.5) is 34.3 Å². The molecular formula is C28H32N6O3. The predicted molar refractivity (Wildman–Crippen MR) is 148 cm³/mol. The van der Waals surface area contributed by atoms with E-state index in [0.29, 0.717) is 30.3 Å². The van der Waals surface area contributed by atoms with Gasteiger partial charge in [0.2, 0.25) is 11.8 Å². The smallest absolute Gasteiger partial charge is 0.247 e. The minimum Gasteiger partial charge on any atom is -0.494 e. The Morgan fingerprint density at radius 3 is 2.46 bits per heavy atom. The topological polar surface area (TPSA) is 98.8 Å². The summed E-state index contributed by atoms with van der Waals surface area (Å²) in [5.41, 5.74) is 5.20. The quantitative estimate of drug-likeness (QED) is 0.386. The number of anilines is 6. The van der Waals surface area contributed by atoms with Gasteiger partial charge in [-0.3, -0.25) is 9.59 Å². The maximum absolute atomic E-state index is 11.6. The molecule has 37 heavy (non-hydrogen) atoms. The Morgan fingerprint density at radius 1 is 1.00 bits per heavy atom. The zero-order valence-electron chi connectivity index (χ0n) is 21.4. The number of carbonyl (C=O) groups is 2. The molecule has 2 heterocycles. The summed E-state index contributed by atoms with van der Waals surface area (Å²) >= 11 is 0. The molecule has 2 amide bonds. The third-order valence-electron chi connectivity index (χ3n) is 6.24. The highest BCUT2D eigenvalue weighted by atomic mass is 16.5. The average Bonchev–Trinajstić information content (AvgIpc) is 2.91. The number of hydrogen-bond acceptors (Lipinski definition) is 7. The first-order valence-corrected chi connectivity index (χ1v) is 12.1. The Hall–Kier alpha value is -4.53. The number of piperazine rings is 1. The first kappa shape index (κ1) is 25.6. The number of benzene rings is 2. The molecule has 9 nitrogen and oxygen atoms in total. The van der Waals surface area contributed by atoms with Crippen LogP contribution < -0.4 is 25.6 Å². The van der Waals surface area contributed by atoms with Gasteiger partial charge in [0, 0.05) is 74.2 Å². The van der Waals surface area contributed by atoms with Crippen molar-refractivity contribution in [2.45, 2.75) is 13.8 Å². The lowest BCUT2D eigenvalue weighted by atomic mass is 10.2. The van der Waals surface area contributed by atoms with Gasteiger partial charge in [-0.15, -0.1) is 0 Å². The second-order valence-electron chi connectivity index (χ2n) is 8.79. The summed E-state index contributed by atoms with van der Waals surface area (Å²) < 4.78 is 5.67. The first-order chi connectivity index (χ1) is 17.9. The van der Waals surface area contributed by atoms with E-state index in [1.165, 1.54) is 6.08 Å². The molecule has 1 aromatic heterocycles. The lowest BCUT2D eigenvalue weighted by molar-refractivity contribution is -0.129. The maximum atomic E-state index is 11.6. The molecule has 2 aromatic carbocycles. The number of nitrogens with zero attached hydrogens (tertiary/aromatic N) is 3. The zero-order chi connectivity index (χ0) is 26.4. The Kier molecular flexibility index (Phi) is 7.92. The highest BCUT2D eigenvalue weighted by Crippen LogP contribution is 2.33. The Morgan fingerprint density at radius 2 is 1.76 bits per heavy atom. The molecule has 3 N–H and O–H groups in total. The summed E-state index contributed by atoms with van der Waals surface area (Å²) in [6.45, 7) is 10.1. The molecule has 4 rings (SSSR count). The van der Waals surface area contributed by atoms with Gasteiger partial charge in [0.05, 0.1) is 12.8 Å². The molecule has 1 aliphatic rings. The fourth-order valence-corrected chi connectivity index (χ4v) is 4.15. The van der Waals surface area contributed by atoms with Crippen LogP contribution >= 0.6 is 0 Å². The number of ether oxygens (including phenoxy) is 1. The molecule has 0 aliphatic carbocycles. The molecule has 1 fully saturated rings. The summed E-state index contributed by atoms with van der Waals surface area (Å²) in [7, 11) is 1.64. The molecule has 1 saturated heterocycles. The summed E-state index contributed by atoms with van der Waals surface area (Å²) in [5, 5.41) is 9.53. The number of amides is 2. The van der Waals surface area contributed by atoms with Crippen LogP contribution in [0.2, 0.25) is 0 Å². The fraction of sp³-hybridized carbons (Fsp3) is 0.250. The minimum atomic E-state index is -0.262. The van der Waals surface area contributed by atoms with E-state index in [0.717, 1.165) is 41.4 Å². The van der Waals surface area contributed by atoms with Crippen molar-refractivity contribution in [1.29, 1.82) is 0 Å². The zero-order valence-corrected chi connectivity index (χ0v) is 21.4. The van der Waals surface area contributed by atoms with Gasteiger partial charge >= 0.3 is 0 Å². The van der Waals surface area contributed by atoms with E-state index in [2.05, 4.69) is 32.4 Å². The lowest BCUT2D eigenvalue weighted by Crippen LogP contribution is -2.48. The van der Waals surface area contributed by atoms with Crippen LogP contribution in [-0.4, -0.2) is 55.0 Å². The van der Waals surface area contributed by atoms with Gasteiger partial charge in [0.25, 0.3) is 0 Å². The van der Waals surface area contributed by atoms with Crippen molar-refractivity contribution in [2.24, 2.45) is 0 Å². The highest BCUT2D eigenvalue weighted by molar-refractivity contribution is 5.99. The molecule has 9 heteroatoms. The first-order valence-electron chi connectivity index (χ1n) is 12.1. The summed E-state index contributed by atoms with van der Waals surface area (Å²) in [4.78, 5) is 31.9. The van der Waals surface area contributed by atoms with Gasteiger partial charge in [-0.25, -0.2) is 4.98 Å². The van der Waals surface area contributed by atoms with Gasteiger partial charge in [-0.2, -0.15) is 0 Å². The van der Waals surface area contributed by atoms with E-state index >= 15 is 0 Å². The van der Waals surface area contributed by atoms with E-state index in [-0.39, 0.29) is 11.8 Å². The average molecular weight is 501 g/mol. The molecule has 3 aromatic rings. The Bertz CT molecular complexity index is 1300. The van der Waals surface area contributed by atoms with Crippen LogP contribution in [0.5, 0.6) is 5.75 Å². The number of hydrogen-bond donors (Lipinski definition) is 3. The lowest BCUT2D eigenvalue weighted by Gasteiger charge is -2.35. The second-order valence-corrected chi connectivity index (χ2v) is 8.79. The molecule has 192 valence electrons. The maximum Gasteiger partial charge on any atom is 0.247 e. The van der Waals surface area contributed by atoms with E-state index in [1.54, 1.807) is 20.2 Å². The highest BCUT2D eigenvalue weighted by Gasteiger charge is 2.20. The summed E-state index contributed by atoms with van der Waals surface area (Å²) in [6.07, 6.45) is 3.03. The Labute approximate surface area is 217 Å². The molecule has 0 spiro atoms. The van der Waals surface area contributed by atoms with E-state index in [4.69, 9.17) is 4.74 Å². The van der Waals surface area contributed by atoms with E-state index in [1.807, 2.05) is 60.4 Å². The third-order valence-corrected chi connectivity index (χ3v) is 6.24. The van der Waals surface area contributed by atoms with E-state index in [9.17, 15) is 9.59 Å². The van der Waals surface area contributed by atoms with Gasteiger partial charge in [-0.05, 0) is 48.9 Å². The van der Waals surface area contributed by atoms with Crippen molar-refractivity contribution >= 4 is 46.1 Å². The molecule has 0 atom stereocenters. The van der Waals surface area contributed by atoms with Crippen molar-refractivity contribution in [3.63, 3.8) is 0 Å². The van der Waals surface area contributed by atoms with Crippen LogP contribution in [0.3, 0.4) is 0 Å². The van der Waals surface area contributed by atoms with Gasteiger partial charge in [0.15, 0.2) is 0 Å². The number of aromatic nitrogens is 1. The van der Waals surface area contributed by atoms with Gasteiger partial charge < -0.3 is 30.5 Å². The molecule has 1 aliphatic heterocycles. The normalized spacial score (nSPS) is 13.1. The molecule has 0 radical (unpaired) electrons. The summed E-state index contributed by atoms with van der Waals surface area (Å²) in [6, 6.07) is 15.4. The van der Waals surface area contributed by atoms with Crippen molar-refractivity contribution in [2.75, 3.05) is 54.1 Å². The molecule has 0 saturated carbocycles. The van der Waals surface area contributed by atoms with Crippen molar-refractivity contribution < 1.29 is 14.3 Å². The number of nitrogens with one attached hydrogen (secondary N) is 3. The number of methoxy groups -OCH3 is 1. The van der Waals surface area contributed by atoms with Gasteiger partial charge in [0.1, 0.15) is 11.6 Å². The standard InChI is InChI=1S/C28H32N6O3/c1-5-28(36)31-22-8-6-7-21(15-22)30-25-17-27(29-18-19(25)2)32-24-10-9-23(16-26(24)37-4)34-13-11-33(12-14-34)20(3)35/h5-10,15-18H,1,11-14H2,2-4H3,(H,31,36)(H2,29,30,32). The molecular weight excluding hydrogens is 468 g/mol. The van der Waals surface area contributed by atoms with E-state index < -0.39 is 0 Å². The fourth-order valence-electron chi connectivity index (χ4n) is 4.15. The number of aryl methyl sites for hydroxylation is 1. The number of rotatable bonds is 8. The van der Waals surface area contributed by atoms with Crippen LogP contribution in [0.25, 0.3) is 0 Å². The third kappa shape index (κ3) is 6.38. The summed E-state index contributed by atoms with van der Waals surface area (Å²) in [5.74, 6) is 1.21.